The minimum Gasteiger partial charge on any atom is -0.363 e. The van der Waals surface area contributed by atoms with Crippen LogP contribution in [0.15, 0.2) is 23.3 Å². The Morgan fingerprint density at radius 1 is 1.35 bits per heavy atom. The van der Waals surface area contributed by atoms with Gasteiger partial charge in [-0.15, -0.1) is 24.0 Å². The summed E-state index contributed by atoms with van der Waals surface area (Å²) in [7, 11) is 4.01. The predicted octanol–water partition coefficient (Wildman–Crippen LogP) is 2.69. The molecule has 0 spiro atoms. The third-order valence-corrected chi connectivity index (χ3v) is 4.63. The first-order valence-corrected chi connectivity index (χ1v) is 9.40. The molecule has 0 unspecified atom stereocenters. The number of nitrogens with one attached hydrogen (secondary N) is 2. The number of nitrogens with zero attached hydrogens (tertiary/aromatic N) is 4. The smallest absolute Gasteiger partial charge is 0.191 e. The fourth-order valence-electron chi connectivity index (χ4n) is 3.05. The van der Waals surface area contributed by atoms with Gasteiger partial charge >= 0.3 is 0 Å². The van der Waals surface area contributed by atoms with Crippen LogP contribution in [-0.2, 0) is 6.54 Å². The van der Waals surface area contributed by atoms with Crippen molar-refractivity contribution in [3.8, 4) is 0 Å². The predicted molar refractivity (Wildman–Crippen MR) is 122 cm³/mol. The summed E-state index contributed by atoms with van der Waals surface area (Å²) < 4.78 is 0. The van der Waals surface area contributed by atoms with Crippen LogP contribution in [0.2, 0.25) is 0 Å². The fraction of sp³-hybridized carbons (Fsp3) is 0.684. The second-order valence-corrected chi connectivity index (χ2v) is 7.16. The van der Waals surface area contributed by atoms with E-state index in [2.05, 4.69) is 47.4 Å². The number of rotatable bonds is 6. The van der Waals surface area contributed by atoms with Crippen molar-refractivity contribution in [3.05, 3.63) is 23.9 Å². The Hall–Kier alpha value is -1.09. The first-order chi connectivity index (χ1) is 12.0. The highest BCUT2D eigenvalue weighted by atomic mass is 127. The number of guanidine groups is 1. The largest absolute Gasteiger partial charge is 0.363 e. The maximum atomic E-state index is 4.77. The molecule has 6 nitrogen and oxygen atoms in total. The number of halogens is 1. The molecule has 0 aromatic carbocycles. The average Bonchev–Trinajstić information content (AvgIpc) is 2.60. The molecule has 1 aromatic heterocycles. The molecule has 2 rings (SSSR count). The van der Waals surface area contributed by atoms with Gasteiger partial charge in [0.05, 0.1) is 6.54 Å². The Morgan fingerprint density at radius 2 is 2.04 bits per heavy atom. The van der Waals surface area contributed by atoms with Crippen LogP contribution in [0.1, 0.15) is 39.2 Å². The van der Waals surface area contributed by atoms with Crippen molar-refractivity contribution in [2.45, 2.75) is 52.2 Å². The van der Waals surface area contributed by atoms with E-state index in [0.717, 1.165) is 31.4 Å². The molecule has 0 saturated carbocycles. The average molecular weight is 474 g/mol. The summed E-state index contributed by atoms with van der Waals surface area (Å²) in [4.78, 5) is 13.7. The van der Waals surface area contributed by atoms with E-state index in [0.29, 0.717) is 18.6 Å². The van der Waals surface area contributed by atoms with Crippen LogP contribution in [-0.4, -0.2) is 61.7 Å². The second kappa shape index (κ2) is 11.6. The first-order valence-electron chi connectivity index (χ1n) is 9.40. The summed E-state index contributed by atoms with van der Waals surface area (Å²) in [6.45, 7) is 10.5. The molecule has 1 aliphatic rings. The van der Waals surface area contributed by atoms with E-state index >= 15 is 0 Å². The van der Waals surface area contributed by atoms with E-state index in [1.807, 2.05) is 31.3 Å². The summed E-state index contributed by atoms with van der Waals surface area (Å²) >= 11 is 0. The molecular formula is C19H35IN6. The summed E-state index contributed by atoms with van der Waals surface area (Å²) in [5, 5.41) is 6.98. The molecule has 1 saturated heterocycles. The molecule has 0 amide bonds. The van der Waals surface area contributed by atoms with Crippen molar-refractivity contribution in [1.82, 2.24) is 20.5 Å². The van der Waals surface area contributed by atoms with Crippen molar-refractivity contribution < 1.29 is 0 Å². The van der Waals surface area contributed by atoms with Crippen molar-refractivity contribution >= 4 is 35.8 Å². The van der Waals surface area contributed by atoms with Crippen LogP contribution in [0.5, 0.6) is 0 Å². The van der Waals surface area contributed by atoms with Crippen LogP contribution in [0, 0.1) is 0 Å². The van der Waals surface area contributed by atoms with Gasteiger partial charge in [-0.1, -0.05) is 0 Å². The first kappa shape index (κ1) is 23.0. The lowest BCUT2D eigenvalue weighted by Gasteiger charge is -2.35. The zero-order chi connectivity index (χ0) is 18.2. The van der Waals surface area contributed by atoms with Crippen LogP contribution in [0.3, 0.4) is 0 Å². The maximum Gasteiger partial charge on any atom is 0.191 e. The molecule has 26 heavy (non-hydrogen) atoms. The standard InChI is InChI=1S/C19H34N6.HI/c1-6-20-19(23-17-8-11-25(12-9-17)15(2)3)22-14-16-7-10-21-18(13-16)24(4)5;/h7,10,13,15,17H,6,8-9,11-12,14H2,1-5H3,(H2,20,22,23);1H. The molecule has 7 heteroatoms. The van der Waals surface area contributed by atoms with E-state index in [4.69, 9.17) is 4.99 Å². The van der Waals surface area contributed by atoms with Gasteiger partial charge in [0.15, 0.2) is 5.96 Å². The van der Waals surface area contributed by atoms with Gasteiger partial charge in [0, 0.05) is 52.0 Å². The van der Waals surface area contributed by atoms with Gasteiger partial charge in [0.2, 0.25) is 0 Å². The zero-order valence-electron chi connectivity index (χ0n) is 16.8. The van der Waals surface area contributed by atoms with Crippen molar-refractivity contribution in [3.63, 3.8) is 0 Å². The van der Waals surface area contributed by atoms with E-state index < -0.39 is 0 Å². The van der Waals surface area contributed by atoms with Gasteiger partial charge in [-0.25, -0.2) is 9.98 Å². The minimum absolute atomic E-state index is 0. The number of anilines is 1. The van der Waals surface area contributed by atoms with Crippen LogP contribution in [0.4, 0.5) is 5.82 Å². The van der Waals surface area contributed by atoms with Gasteiger partial charge in [-0.3, -0.25) is 0 Å². The molecule has 148 valence electrons. The number of piperidine rings is 1. The Kier molecular flexibility index (Phi) is 10.2. The lowest BCUT2D eigenvalue weighted by Crippen LogP contribution is -2.49. The topological polar surface area (TPSA) is 55.8 Å². The Morgan fingerprint density at radius 3 is 2.62 bits per heavy atom. The summed E-state index contributed by atoms with van der Waals surface area (Å²) in [6.07, 6.45) is 4.19. The highest BCUT2D eigenvalue weighted by molar-refractivity contribution is 14.0. The SMILES string of the molecule is CCNC(=NCc1ccnc(N(C)C)c1)NC1CCN(C(C)C)CC1.I. The molecule has 1 aliphatic heterocycles. The highest BCUT2D eigenvalue weighted by Crippen LogP contribution is 2.13. The van der Waals surface area contributed by atoms with Crippen LogP contribution < -0.4 is 15.5 Å². The summed E-state index contributed by atoms with van der Waals surface area (Å²) in [5.41, 5.74) is 1.17. The van der Waals surface area contributed by atoms with Gasteiger partial charge < -0.3 is 20.4 Å². The van der Waals surface area contributed by atoms with Crippen LogP contribution in [0.25, 0.3) is 0 Å². The lowest BCUT2D eigenvalue weighted by atomic mass is 10.0. The number of likely N-dealkylation sites (tertiary alicyclic amines) is 1. The highest BCUT2D eigenvalue weighted by Gasteiger charge is 2.21. The molecule has 0 bridgehead atoms. The Labute approximate surface area is 175 Å². The van der Waals surface area contributed by atoms with E-state index in [1.165, 1.54) is 18.4 Å². The van der Waals surface area contributed by atoms with Gasteiger partial charge in [-0.05, 0) is 51.3 Å². The summed E-state index contributed by atoms with van der Waals surface area (Å²) in [6, 6.07) is 5.26. The molecule has 0 aliphatic carbocycles. The van der Waals surface area contributed by atoms with Crippen LogP contribution >= 0.6 is 24.0 Å². The normalized spacial score (nSPS) is 16.3. The van der Waals surface area contributed by atoms with Gasteiger partial charge in [0.25, 0.3) is 0 Å². The fourth-order valence-corrected chi connectivity index (χ4v) is 3.05. The number of hydrogen-bond acceptors (Lipinski definition) is 4. The second-order valence-electron chi connectivity index (χ2n) is 7.16. The number of aliphatic imine (C=N–C) groups is 1. The molecule has 2 N–H and O–H groups in total. The van der Waals surface area contributed by atoms with Crippen molar-refractivity contribution in [2.24, 2.45) is 4.99 Å². The number of pyridine rings is 1. The lowest BCUT2D eigenvalue weighted by molar-refractivity contribution is 0.167. The molecular weight excluding hydrogens is 439 g/mol. The molecule has 2 heterocycles. The quantitative estimate of drug-likeness (QED) is 0.377. The molecule has 0 radical (unpaired) electrons. The maximum absolute atomic E-state index is 4.77. The number of aromatic nitrogens is 1. The zero-order valence-corrected chi connectivity index (χ0v) is 19.2. The third kappa shape index (κ3) is 7.26. The molecule has 0 atom stereocenters. The third-order valence-electron chi connectivity index (χ3n) is 4.63. The Balaban J connectivity index is 0.00000338. The van der Waals surface area contributed by atoms with E-state index in [1.54, 1.807) is 0 Å². The van der Waals surface area contributed by atoms with Crippen molar-refractivity contribution in [2.75, 3.05) is 38.6 Å². The monoisotopic (exact) mass is 474 g/mol. The molecule has 1 fully saturated rings. The van der Waals surface area contributed by atoms with Crippen molar-refractivity contribution in [1.29, 1.82) is 0 Å². The summed E-state index contributed by atoms with van der Waals surface area (Å²) in [5.74, 6) is 1.88. The minimum atomic E-state index is 0. The Bertz CT molecular complexity index is 553. The molecule has 1 aromatic rings. The van der Waals surface area contributed by atoms with E-state index in [9.17, 15) is 0 Å². The van der Waals surface area contributed by atoms with E-state index in [-0.39, 0.29) is 24.0 Å². The number of hydrogen-bond donors (Lipinski definition) is 2. The van der Waals surface area contributed by atoms with Gasteiger partial charge in [0.1, 0.15) is 5.82 Å². The van der Waals surface area contributed by atoms with Gasteiger partial charge in [-0.2, -0.15) is 0 Å².